The van der Waals surface area contributed by atoms with Crippen molar-refractivity contribution in [2.75, 3.05) is 0 Å². The van der Waals surface area contributed by atoms with Gasteiger partial charge in [-0.2, -0.15) is 26.3 Å². The van der Waals surface area contributed by atoms with Gasteiger partial charge in [-0.3, -0.25) is 0 Å². The fraction of sp³-hybridized carbons (Fsp3) is 0.667. The third kappa shape index (κ3) is 5.26. The van der Waals surface area contributed by atoms with Gasteiger partial charge in [0.2, 0.25) is 0 Å². The fourth-order valence-electron chi connectivity index (χ4n) is 3.02. The minimum absolute atomic E-state index is 0.0672. The Bertz CT molecular complexity index is 658. The Balaban J connectivity index is 2.48. The average Bonchev–Trinajstić information content (AvgIpc) is 3.06. The summed E-state index contributed by atoms with van der Waals surface area (Å²) in [4.78, 5) is 0. The molecule has 1 aromatic carbocycles. The third-order valence-corrected chi connectivity index (χ3v) is 5.16. The lowest BCUT2D eigenvalue weighted by molar-refractivity contribution is -0.192. The summed E-state index contributed by atoms with van der Waals surface area (Å²) in [6.45, 7) is 6.85. The van der Waals surface area contributed by atoms with Crippen LogP contribution in [0.5, 0.6) is 0 Å². The predicted molar refractivity (Wildman–Crippen MR) is 93.3 cm³/mol. The first-order valence-corrected chi connectivity index (χ1v) is 9.28. The summed E-state index contributed by atoms with van der Waals surface area (Å²) < 4.78 is 88.4. The lowest BCUT2D eigenvalue weighted by Gasteiger charge is -2.23. The van der Waals surface area contributed by atoms with Gasteiger partial charge in [-0.25, -0.2) is 0 Å². The maximum absolute atomic E-state index is 13.1. The SMILES string of the molecule is CC(C)OC(OC(C)C)[C@H]1[C@H](c2cc(C(F)(F)F)cc(C(F)(F)F)c2)C1(Cl)Cl. The van der Waals surface area contributed by atoms with Crippen LogP contribution in [0.15, 0.2) is 18.2 Å². The van der Waals surface area contributed by atoms with Gasteiger partial charge in [0, 0.05) is 5.92 Å². The standard InChI is InChI=1S/C18H20Cl2F6O2/c1-8(2)27-15(28-9(3)4)14-13(16(14,19)20)10-5-11(17(21,22)23)7-12(6-10)18(24,25)26/h5-9,13-15H,1-4H3/t13-,14+/m0/s1. The average molecular weight is 453 g/mol. The van der Waals surface area contributed by atoms with Gasteiger partial charge in [0.1, 0.15) is 4.33 Å². The number of ether oxygens (including phenoxy) is 2. The van der Waals surface area contributed by atoms with E-state index in [9.17, 15) is 26.3 Å². The highest BCUT2D eigenvalue weighted by atomic mass is 35.5. The molecule has 0 radical (unpaired) electrons. The van der Waals surface area contributed by atoms with Gasteiger partial charge in [-0.15, -0.1) is 23.2 Å². The monoisotopic (exact) mass is 452 g/mol. The van der Waals surface area contributed by atoms with Gasteiger partial charge >= 0.3 is 12.4 Å². The quantitative estimate of drug-likeness (QED) is 0.268. The Morgan fingerprint density at radius 2 is 1.21 bits per heavy atom. The molecule has 10 heteroatoms. The molecule has 1 saturated carbocycles. The zero-order valence-electron chi connectivity index (χ0n) is 15.5. The summed E-state index contributed by atoms with van der Waals surface area (Å²) in [5, 5.41) is 0. The third-order valence-electron chi connectivity index (χ3n) is 4.18. The van der Waals surface area contributed by atoms with Crippen LogP contribution >= 0.6 is 23.2 Å². The molecule has 2 rings (SSSR count). The van der Waals surface area contributed by atoms with Crippen molar-refractivity contribution >= 4 is 23.2 Å². The van der Waals surface area contributed by atoms with E-state index in [1.54, 1.807) is 27.7 Å². The molecule has 2 atom stereocenters. The zero-order chi connectivity index (χ0) is 21.7. The van der Waals surface area contributed by atoms with E-state index in [1.165, 1.54) is 0 Å². The van der Waals surface area contributed by atoms with Crippen LogP contribution in [0.2, 0.25) is 0 Å². The van der Waals surface area contributed by atoms with Crippen LogP contribution in [0.1, 0.15) is 50.3 Å². The molecule has 0 amide bonds. The van der Waals surface area contributed by atoms with E-state index in [2.05, 4.69) is 0 Å². The molecule has 1 aliphatic rings. The summed E-state index contributed by atoms with van der Waals surface area (Å²) in [5.74, 6) is -1.84. The lowest BCUT2D eigenvalue weighted by atomic mass is 10.0. The summed E-state index contributed by atoms with van der Waals surface area (Å²) >= 11 is 12.5. The van der Waals surface area contributed by atoms with Crippen LogP contribution < -0.4 is 0 Å². The van der Waals surface area contributed by atoms with Gasteiger partial charge in [-0.1, -0.05) is 0 Å². The number of halogens is 8. The summed E-state index contributed by atoms with van der Waals surface area (Å²) in [5.41, 5.74) is -3.10. The van der Waals surface area contributed by atoms with Gasteiger partial charge in [-0.05, 0) is 51.5 Å². The van der Waals surface area contributed by atoms with Crippen molar-refractivity contribution < 1.29 is 35.8 Å². The van der Waals surface area contributed by atoms with Crippen LogP contribution in [-0.4, -0.2) is 22.8 Å². The predicted octanol–water partition coefficient (Wildman–Crippen LogP) is 6.79. The van der Waals surface area contributed by atoms with Crippen LogP contribution in [0, 0.1) is 5.92 Å². The minimum Gasteiger partial charge on any atom is -0.350 e. The molecule has 0 spiro atoms. The molecule has 0 saturated heterocycles. The van der Waals surface area contributed by atoms with Crippen LogP contribution in [0.3, 0.4) is 0 Å². The molecule has 0 aliphatic heterocycles. The molecule has 1 aromatic rings. The number of hydrogen-bond donors (Lipinski definition) is 0. The Morgan fingerprint density at radius 1 is 0.821 bits per heavy atom. The molecular formula is C18H20Cl2F6O2. The van der Waals surface area contributed by atoms with E-state index in [4.69, 9.17) is 32.7 Å². The lowest BCUT2D eigenvalue weighted by Crippen LogP contribution is -2.28. The van der Waals surface area contributed by atoms with Crippen molar-refractivity contribution in [2.24, 2.45) is 5.92 Å². The smallest absolute Gasteiger partial charge is 0.350 e. The first-order valence-electron chi connectivity index (χ1n) is 8.53. The highest BCUT2D eigenvalue weighted by Crippen LogP contribution is 2.67. The van der Waals surface area contributed by atoms with Crippen molar-refractivity contribution in [3.63, 3.8) is 0 Å². The van der Waals surface area contributed by atoms with Gasteiger partial charge in [0.25, 0.3) is 0 Å². The Kier molecular flexibility index (Phi) is 6.61. The van der Waals surface area contributed by atoms with E-state index in [0.29, 0.717) is 12.1 Å². The minimum atomic E-state index is -4.95. The molecule has 160 valence electrons. The number of alkyl halides is 8. The molecule has 0 unspecified atom stereocenters. The Labute approximate surface area is 169 Å². The second kappa shape index (κ2) is 7.85. The van der Waals surface area contributed by atoms with E-state index in [-0.39, 0.29) is 23.8 Å². The maximum atomic E-state index is 13.1. The number of hydrogen-bond acceptors (Lipinski definition) is 2. The normalized spacial score (nSPS) is 22.4. The molecule has 1 aliphatic carbocycles. The first-order chi connectivity index (χ1) is 12.5. The van der Waals surface area contributed by atoms with Crippen molar-refractivity contribution in [3.8, 4) is 0 Å². The van der Waals surface area contributed by atoms with Crippen molar-refractivity contribution in [1.82, 2.24) is 0 Å². The second-order valence-corrected chi connectivity index (χ2v) is 8.70. The summed E-state index contributed by atoms with van der Waals surface area (Å²) in [7, 11) is 0. The van der Waals surface area contributed by atoms with E-state index in [0.717, 1.165) is 0 Å². The molecule has 28 heavy (non-hydrogen) atoms. The van der Waals surface area contributed by atoms with Crippen LogP contribution in [-0.2, 0) is 21.8 Å². The van der Waals surface area contributed by atoms with Crippen molar-refractivity contribution in [3.05, 3.63) is 34.9 Å². The van der Waals surface area contributed by atoms with Crippen molar-refractivity contribution in [1.29, 1.82) is 0 Å². The molecule has 0 aromatic heterocycles. The number of benzene rings is 1. The van der Waals surface area contributed by atoms with Crippen LogP contribution in [0.25, 0.3) is 0 Å². The van der Waals surface area contributed by atoms with E-state index in [1.807, 2.05) is 0 Å². The zero-order valence-corrected chi connectivity index (χ0v) is 17.0. The van der Waals surface area contributed by atoms with Gasteiger partial charge in [0.15, 0.2) is 6.29 Å². The Hall–Kier alpha value is -0.700. The number of rotatable bonds is 6. The summed E-state index contributed by atoms with van der Waals surface area (Å²) in [6.07, 6.45) is -11.5. The molecule has 0 N–H and O–H groups in total. The highest BCUT2D eigenvalue weighted by molar-refractivity contribution is 6.52. The molecule has 1 fully saturated rings. The topological polar surface area (TPSA) is 18.5 Å². The van der Waals surface area contributed by atoms with Gasteiger partial charge in [0.05, 0.1) is 29.3 Å². The van der Waals surface area contributed by atoms with Gasteiger partial charge < -0.3 is 9.47 Å². The second-order valence-electron chi connectivity index (χ2n) is 7.26. The fourth-order valence-corrected chi connectivity index (χ4v) is 3.87. The largest absolute Gasteiger partial charge is 0.416 e. The molecule has 2 nitrogen and oxygen atoms in total. The van der Waals surface area contributed by atoms with E-state index < -0.39 is 45.9 Å². The molecular weight excluding hydrogens is 433 g/mol. The highest BCUT2D eigenvalue weighted by Gasteiger charge is 2.68. The van der Waals surface area contributed by atoms with Crippen LogP contribution in [0.4, 0.5) is 26.3 Å². The maximum Gasteiger partial charge on any atom is 0.416 e. The molecule has 0 bridgehead atoms. The molecule has 0 heterocycles. The first kappa shape index (κ1) is 23.6. The van der Waals surface area contributed by atoms with Crippen molar-refractivity contribution in [2.45, 2.75) is 68.8 Å². The van der Waals surface area contributed by atoms with E-state index >= 15 is 0 Å². The summed E-state index contributed by atoms with van der Waals surface area (Å²) in [6, 6.07) is 1.35. The Morgan fingerprint density at radius 3 is 1.54 bits per heavy atom.